The summed E-state index contributed by atoms with van der Waals surface area (Å²) >= 11 is 3.52. The third kappa shape index (κ3) is 3.59. The second-order valence-corrected chi connectivity index (χ2v) is 6.59. The maximum Gasteiger partial charge on any atom is 0.123 e. The highest BCUT2D eigenvalue weighted by molar-refractivity contribution is 7.98. The van der Waals surface area contributed by atoms with E-state index in [0.29, 0.717) is 0 Å². The largest absolute Gasteiger partial charge is 0.314 e. The lowest BCUT2D eigenvalue weighted by Crippen LogP contribution is -2.19. The van der Waals surface area contributed by atoms with Crippen molar-refractivity contribution in [3.8, 4) is 10.6 Å². The molecule has 2 aromatic rings. The molecule has 1 aliphatic rings. The highest BCUT2D eigenvalue weighted by Crippen LogP contribution is 2.26. The highest BCUT2D eigenvalue weighted by atomic mass is 32.2. The summed E-state index contributed by atoms with van der Waals surface area (Å²) in [6, 6.07) is 9.44. The number of thioether (sulfide) groups is 1. The van der Waals surface area contributed by atoms with Crippen LogP contribution in [0.15, 0.2) is 34.5 Å². The summed E-state index contributed by atoms with van der Waals surface area (Å²) in [6.07, 6.45) is 5.84. The normalized spacial score (nSPS) is 14.8. The van der Waals surface area contributed by atoms with Crippen molar-refractivity contribution in [2.45, 2.75) is 30.2 Å². The Bertz CT molecular complexity index is 529. The number of nitrogens with zero attached hydrogens (tertiary/aromatic N) is 1. The van der Waals surface area contributed by atoms with Crippen molar-refractivity contribution in [3.63, 3.8) is 0 Å². The predicted octanol–water partition coefficient (Wildman–Crippen LogP) is 3.83. The Labute approximate surface area is 122 Å². The van der Waals surface area contributed by atoms with E-state index < -0.39 is 0 Å². The summed E-state index contributed by atoms with van der Waals surface area (Å²) in [6.45, 7) is 1.05. The number of nitrogens with one attached hydrogen (secondary N) is 1. The van der Waals surface area contributed by atoms with E-state index in [2.05, 4.69) is 41.2 Å². The molecule has 19 heavy (non-hydrogen) atoms. The van der Waals surface area contributed by atoms with E-state index >= 15 is 0 Å². The lowest BCUT2D eigenvalue weighted by Gasteiger charge is -2.00. The molecule has 0 radical (unpaired) electrons. The minimum atomic E-state index is 0.789. The average molecular weight is 290 g/mol. The minimum Gasteiger partial charge on any atom is -0.314 e. The van der Waals surface area contributed by atoms with Crippen molar-refractivity contribution < 1.29 is 0 Å². The zero-order valence-electron chi connectivity index (χ0n) is 11.1. The zero-order valence-corrected chi connectivity index (χ0v) is 12.7. The molecule has 0 unspecified atom stereocenters. The van der Waals surface area contributed by atoms with Crippen LogP contribution in [0.5, 0.6) is 0 Å². The molecule has 1 fully saturated rings. The Kier molecular flexibility index (Phi) is 4.21. The van der Waals surface area contributed by atoms with Gasteiger partial charge in [-0.05, 0) is 31.2 Å². The molecule has 100 valence electrons. The Hall–Kier alpha value is -0.840. The van der Waals surface area contributed by atoms with Gasteiger partial charge in [-0.3, -0.25) is 0 Å². The Morgan fingerprint density at radius 3 is 2.79 bits per heavy atom. The number of thiazole rings is 1. The lowest BCUT2D eigenvalue weighted by molar-refractivity contribution is 0.677. The maximum absolute atomic E-state index is 4.72. The fraction of sp³-hybridized carbons (Fsp3) is 0.400. The monoisotopic (exact) mass is 290 g/mol. The van der Waals surface area contributed by atoms with E-state index in [0.717, 1.165) is 24.0 Å². The standard InChI is InChI=1S/C15H18N2S2/c1-18-14-6-2-11(3-7-14)15-17-13(10-19-15)8-9-16-12-4-5-12/h2-3,6-7,10,12,16H,4-5,8-9H2,1H3. The van der Waals surface area contributed by atoms with Crippen molar-refractivity contribution in [1.29, 1.82) is 0 Å². The summed E-state index contributed by atoms with van der Waals surface area (Å²) < 4.78 is 0. The summed E-state index contributed by atoms with van der Waals surface area (Å²) in [4.78, 5) is 6.03. The van der Waals surface area contributed by atoms with Gasteiger partial charge in [-0.25, -0.2) is 4.98 Å². The van der Waals surface area contributed by atoms with Gasteiger partial charge in [0.05, 0.1) is 5.69 Å². The molecule has 0 saturated heterocycles. The van der Waals surface area contributed by atoms with Gasteiger partial charge in [0.2, 0.25) is 0 Å². The van der Waals surface area contributed by atoms with E-state index in [9.17, 15) is 0 Å². The molecule has 1 aromatic heterocycles. The van der Waals surface area contributed by atoms with Gasteiger partial charge in [0.25, 0.3) is 0 Å². The first-order valence-corrected chi connectivity index (χ1v) is 8.78. The number of hydrogen-bond donors (Lipinski definition) is 1. The summed E-state index contributed by atoms with van der Waals surface area (Å²) in [5, 5.41) is 6.85. The molecular weight excluding hydrogens is 272 g/mol. The van der Waals surface area contributed by atoms with Crippen molar-refractivity contribution in [2.24, 2.45) is 0 Å². The first kappa shape index (κ1) is 13.2. The molecule has 4 heteroatoms. The van der Waals surface area contributed by atoms with Gasteiger partial charge in [-0.2, -0.15) is 0 Å². The molecule has 2 nitrogen and oxygen atoms in total. The first-order valence-electron chi connectivity index (χ1n) is 6.67. The summed E-state index contributed by atoms with van der Waals surface area (Å²) in [7, 11) is 0. The molecule has 3 rings (SSSR count). The SMILES string of the molecule is CSc1ccc(-c2nc(CCNC3CC3)cs2)cc1. The maximum atomic E-state index is 4.72. The smallest absolute Gasteiger partial charge is 0.123 e. The van der Waals surface area contributed by atoms with Crippen LogP contribution in [-0.4, -0.2) is 23.8 Å². The van der Waals surface area contributed by atoms with Crippen LogP contribution in [0.2, 0.25) is 0 Å². The van der Waals surface area contributed by atoms with Crippen LogP contribution in [0, 0.1) is 0 Å². The predicted molar refractivity (Wildman–Crippen MR) is 84.1 cm³/mol. The number of aromatic nitrogens is 1. The third-order valence-corrected chi connectivity index (χ3v) is 4.96. The van der Waals surface area contributed by atoms with Gasteiger partial charge in [0.15, 0.2) is 0 Å². The van der Waals surface area contributed by atoms with E-state index in [4.69, 9.17) is 4.98 Å². The van der Waals surface area contributed by atoms with Crippen LogP contribution in [0.4, 0.5) is 0 Å². The van der Waals surface area contributed by atoms with E-state index in [1.807, 2.05) is 0 Å². The van der Waals surface area contributed by atoms with Crippen LogP contribution in [0.1, 0.15) is 18.5 Å². The van der Waals surface area contributed by atoms with Crippen LogP contribution in [0.25, 0.3) is 10.6 Å². The highest BCUT2D eigenvalue weighted by Gasteiger charge is 2.19. The van der Waals surface area contributed by atoms with E-state index in [1.165, 1.54) is 29.0 Å². The molecule has 0 atom stereocenters. The summed E-state index contributed by atoms with van der Waals surface area (Å²) in [5.41, 5.74) is 2.44. The van der Waals surface area contributed by atoms with E-state index in [1.54, 1.807) is 23.1 Å². The molecule has 0 amide bonds. The Balaban J connectivity index is 1.61. The van der Waals surface area contributed by atoms with Gasteiger partial charge in [-0.15, -0.1) is 23.1 Å². The molecule has 1 aromatic carbocycles. The lowest BCUT2D eigenvalue weighted by atomic mass is 10.2. The van der Waals surface area contributed by atoms with Crippen molar-refractivity contribution >= 4 is 23.1 Å². The van der Waals surface area contributed by atoms with Gasteiger partial charge in [-0.1, -0.05) is 12.1 Å². The minimum absolute atomic E-state index is 0.789. The van der Waals surface area contributed by atoms with Crippen molar-refractivity contribution in [1.82, 2.24) is 10.3 Å². The fourth-order valence-corrected chi connectivity index (χ4v) is 3.25. The second kappa shape index (κ2) is 6.07. The van der Waals surface area contributed by atoms with Crippen LogP contribution < -0.4 is 5.32 Å². The quantitative estimate of drug-likeness (QED) is 0.819. The number of rotatable bonds is 6. The summed E-state index contributed by atoms with van der Waals surface area (Å²) in [5.74, 6) is 0. The van der Waals surface area contributed by atoms with Crippen molar-refractivity contribution in [2.75, 3.05) is 12.8 Å². The first-order chi connectivity index (χ1) is 9.35. The Morgan fingerprint density at radius 2 is 2.11 bits per heavy atom. The third-order valence-electron chi connectivity index (χ3n) is 3.28. The molecular formula is C15H18N2S2. The topological polar surface area (TPSA) is 24.9 Å². The second-order valence-electron chi connectivity index (χ2n) is 4.85. The van der Waals surface area contributed by atoms with E-state index in [-0.39, 0.29) is 0 Å². The number of hydrogen-bond acceptors (Lipinski definition) is 4. The van der Waals surface area contributed by atoms with Gasteiger partial charge >= 0.3 is 0 Å². The average Bonchev–Trinajstić information content (AvgIpc) is 3.15. The number of benzene rings is 1. The molecule has 1 aliphatic carbocycles. The zero-order chi connectivity index (χ0) is 13.1. The molecule has 1 N–H and O–H groups in total. The molecule has 0 bridgehead atoms. The van der Waals surface area contributed by atoms with Crippen molar-refractivity contribution in [3.05, 3.63) is 35.3 Å². The van der Waals surface area contributed by atoms with Gasteiger partial charge < -0.3 is 5.32 Å². The van der Waals surface area contributed by atoms with Gasteiger partial charge in [0.1, 0.15) is 5.01 Å². The van der Waals surface area contributed by atoms with Crippen LogP contribution in [0.3, 0.4) is 0 Å². The molecule has 1 heterocycles. The van der Waals surface area contributed by atoms with Crippen LogP contribution >= 0.6 is 23.1 Å². The molecule has 0 aliphatic heterocycles. The Morgan fingerprint density at radius 1 is 1.32 bits per heavy atom. The molecule has 0 spiro atoms. The van der Waals surface area contributed by atoms with Crippen LogP contribution in [-0.2, 0) is 6.42 Å². The fourth-order valence-electron chi connectivity index (χ4n) is 1.98. The van der Waals surface area contributed by atoms with Gasteiger partial charge in [0, 0.05) is 34.8 Å². The molecule has 1 saturated carbocycles.